The molecule has 0 radical (unpaired) electrons. The van der Waals surface area contributed by atoms with Crippen LogP contribution in [0.5, 0.6) is 5.75 Å². The summed E-state index contributed by atoms with van der Waals surface area (Å²) in [6.45, 7) is 6.31. The van der Waals surface area contributed by atoms with E-state index in [-0.39, 0.29) is 5.91 Å². The van der Waals surface area contributed by atoms with Crippen LogP contribution in [0.4, 0.5) is 11.4 Å². The first kappa shape index (κ1) is 14.9. The zero-order chi connectivity index (χ0) is 15.4. The molecule has 0 saturated carbocycles. The summed E-state index contributed by atoms with van der Waals surface area (Å²) in [5, 5.41) is 2.92. The predicted octanol–water partition coefficient (Wildman–Crippen LogP) is 3.54. The summed E-state index contributed by atoms with van der Waals surface area (Å²) in [7, 11) is 0. The molecule has 0 atom stereocenters. The lowest BCUT2D eigenvalue weighted by Gasteiger charge is -2.14. The maximum Gasteiger partial charge on any atom is 0.259 e. The Hall–Kier alpha value is -2.49. The molecular weight excluding hydrogens is 264 g/mol. The average Bonchev–Trinajstić information content (AvgIpc) is 2.46. The fourth-order valence-corrected chi connectivity index (χ4v) is 2.12. The number of para-hydroxylation sites is 1. The van der Waals surface area contributed by atoms with Crippen LogP contribution in [0.15, 0.2) is 36.4 Å². The molecule has 110 valence electrons. The van der Waals surface area contributed by atoms with Crippen molar-refractivity contribution in [1.29, 1.82) is 0 Å². The van der Waals surface area contributed by atoms with E-state index in [1.807, 2.05) is 39.0 Å². The Morgan fingerprint density at radius 3 is 2.62 bits per heavy atom. The maximum absolute atomic E-state index is 12.5. The van der Waals surface area contributed by atoms with E-state index in [4.69, 9.17) is 10.5 Å². The van der Waals surface area contributed by atoms with Gasteiger partial charge in [0.2, 0.25) is 0 Å². The number of carbonyl (C=O) groups is 1. The molecule has 21 heavy (non-hydrogen) atoms. The summed E-state index contributed by atoms with van der Waals surface area (Å²) >= 11 is 0. The number of nitrogen functional groups attached to an aromatic ring is 1. The van der Waals surface area contributed by atoms with E-state index in [2.05, 4.69) is 5.32 Å². The molecule has 0 unspecified atom stereocenters. The first-order valence-electron chi connectivity index (χ1n) is 6.93. The highest BCUT2D eigenvalue weighted by Crippen LogP contribution is 2.28. The van der Waals surface area contributed by atoms with Gasteiger partial charge in [-0.3, -0.25) is 4.79 Å². The topological polar surface area (TPSA) is 64.3 Å². The standard InChI is InChI=1S/C17H20N2O2/c1-4-21-16-13(8-6-9-14(16)18)17(20)19-15-10-5-7-11(2)12(15)3/h5-10H,4,18H2,1-3H3,(H,19,20). The molecule has 4 heteroatoms. The van der Waals surface area contributed by atoms with Gasteiger partial charge in [-0.05, 0) is 50.1 Å². The summed E-state index contributed by atoms with van der Waals surface area (Å²) in [5.74, 6) is 0.210. The van der Waals surface area contributed by atoms with Crippen LogP contribution < -0.4 is 15.8 Å². The van der Waals surface area contributed by atoms with Crippen molar-refractivity contribution in [3.63, 3.8) is 0 Å². The summed E-state index contributed by atoms with van der Waals surface area (Å²) in [5.41, 5.74) is 9.77. The van der Waals surface area contributed by atoms with Gasteiger partial charge in [-0.25, -0.2) is 0 Å². The van der Waals surface area contributed by atoms with E-state index in [1.54, 1.807) is 18.2 Å². The van der Waals surface area contributed by atoms with Crippen molar-refractivity contribution in [2.75, 3.05) is 17.7 Å². The van der Waals surface area contributed by atoms with Crippen LogP contribution in [-0.2, 0) is 0 Å². The molecule has 4 nitrogen and oxygen atoms in total. The molecule has 0 heterocycles. The number of hydrogen-bond acceptors (Lipinski definition) is 3. The van der Waals surface area contributed by atoms with Crippen LogP contribution in [0.2, 0.25) is 0 Å². The zero-order valence-corrected chi connectivity index (χ0v) is 12.6. The fourth-order valence-electron chi connectivity index (χ4n) is 2.12. The lowest BCUT2D eigenvalue weighted by atomic mass is 10.1. The molecule has 2 aromatic rings. The van der Waals surface area contributed by atoms with E-state index in [0.717, 1.165) is 16.8 Å². The molecule has 3 N–H and O–H groups in total. The maximum atomic E-state index is 12.5. The highest BCUT2D eigenvalue weighted by molar-refractivity contribution is 6.07. The number of nitrogens with one attached hydrogen (secondary N) is 1. The number of rotatable bonds is 4. The van der Waals surface area contributed by atoms with Crippen LogP contribution in [-0.4, -0.2) is 12.5 Å². The lowest BCUT2D eigenvalue weighted by molar-refractivity contribution is 0.102. The van der Waals surface area contributed by atoms with Gasteiger partial charge in [-0.2, -0.15) is 0 Å². The van der Waals surface area contributed by atoms with E-state index in [1.165, 1.54) is 0 Å². The Kier molecular flexibility index (Phi) is 4.48. The summed E-state index contributed by atoms with van der Waals surface area (Å²) in [6, 6.07) is 11.0. The second-order valence-corrected chi connectivity index (χ2v) is 4.86. The Bertz CT molecular complexity index is 666. The average molecular weight is 284 g/mol. The molecule has 0 fully saturated rings. The predicted molar refractivity (Wildman–Crippen MR) is 85.9 cm³/mol. The third-order valence-electron chi connectivity index (χ3n) is 3.43. The third kappa shape index (κ3) is 3.16. The number of amides is 1. The van der Waals surface area contributed by atoms with Gasteiger partial charge in [-0.15, -0.1) is 0 Å². The van der Waals surface area contributed by atoms with E-state index < -0.39 is 0 Å². The second-order valence-electron chi connectivity index (χ2n) is 4.86. The van der Waals surface area contributed by atoms with Gasteiger partial charge in [0.1, 0.15) is 0 Å². The van der Waals surface area contributed by atoms with Gasteiger partial charge in [0, 0.05) is 5.69 Å². The summed E-state index contributed by atoms with van der Waals surface area (Å²) in [4.78, 5) is 12.5. The van der Waals surface area contributed by atoms with Gasteiger partial charge in [-0.1, -0.05) is 18.2 Å². The summed E-state index contributed by atoms with van der Waals surface area (Å²) in [6.07, 6.45) is 0. The number of carbonyl (C=O) groups excluding carboxylic acids is 1. The first-order chi connectivity index (χ1) is 10.0. The van der Waals surface area contributed by atoms with Crippen LogP contribution in [0, 0.1) is 13.8 Å². The normalized spacial score (nSPS) is 10.2. The highest BCUT2D eigenvalue weighted by Gasteiger charge is 2.16. The largest absolute Gasteiger partial charge is 0.491 e. The van der Waals surface area contributed by atoms with Crippen molar-refractivity contribution in [3.05, 3.63) is 53.1 Å². The van der Waals surface area contributed by atoms with Crippen LogP contribution >= 0.6 is 0 Å². The number of aryl methyl sites for hydroxylation is 1. The quantitative estimate of drug-likeness (QED) is 0.844. The molecule has 1 amide bonds. The molecular formula is C17H20N2O2. The number of anilines is 2. The smallest absolute Gasteiger partial charge is 0.259 e. The summed E-state index contributed by atoms with van der Waals surface area (Å²) < 4.78 is 5.49. The van der Waals surface area contributed by atoms with Crippen LogP contribution in [0.1, 0.15) is 28.4 Å². The molecule has 0 saturated heterocycles. The second kappa shape index (κ2) is 6.31. The van der Waals surface area contributed by atoms with Crippen molar-refractivity contribution in [1.82, 2.24) is 0 Å². The SMILES string of the molecule is CCOc1c(N)cccc1C(=O)Nc1cccc(C)c1C. The van der Waals surface area contributed by atoms with Crippen molar-refractivity contribution in [2.45, 2.75) is 20.8 Å². The van der Waals surface area contributed by atoms with Crippen molar-refractivity contribution >= 4 is 17.3 Å². The highest BCUT2D eigenvalue weighted by atomic mass is 16.5. The number of benzene rings is 2. The number of ether oxygens (including phenoxy) is 1. The van der Waals surface area contributed by atoms with E-state index >= 15 is 0 Å². The number of nitrogens with two attached hydrogens (primary N) is 1. The van der Waals surface area contributed by atoms with Gasteiger partial charge in [0.05, 0.1) is 17.9 Å². The Balaban J connectivity index is 2.33. The first-order valence-corrected chi connectivity index (χ1v) is 6.93. The van der Waals surface area contributed by atoms with E-state index in [9.17, 15) is 4.79 Å². The molecule has 0 aliphatic heterocycles. The van der Waals surface area contributed by atoms with Crippen LogP contribution in [0.25, 0.3) is 0 Å². The Morgan fingerprint density at radius 1 is 1.19 bits per heavy atom. The van der Waals surface area contributed by atoms with Gasteiger partial charge in [0.15, 0.2) is 5.75 Å². The van der Waals surface area contributed by atoms with Crippen molar-refractivity contribution in [2.24, 2.45) is 0 Å². The Labute approximate surface area is 124 Å². The molecule has 0 aliphatic rings. The van der Waals surface area contributed by atoms with Gasteiger partial charge in [0.25, 0.3) is 5.91 Å². The van der Waals surface area contributed by atoms with Gasteiger partial charge < -0.3 is 15.8 Å². The monoisotopic (exact) mass is 284 g/mol. The minimum absolute atomic E-state index is 0.223. The zero-order valence-electron chi connectivity index (χ0n) is 12.6. The van der Waals surface area contributed by atoms with E-state index in [0.29, 0.717) is 23.6 Å². The van der Waals surface area contributed by atoms with Crippen molar-refractivity contribution < 1.29 is 9.53 Å². The van der Waals surface area contributed by atoms with Crippen LogP contribution in [0.3, 0.4) is 0 Å². The molecule has 2 aromatic carbocycles. The minimum atomic E-state index is -0.223. The molecule has 0 aromatic heterocycles. The molecule has 2 rings (SSSR count). The Morgan fingerprint density at radius 2 is 1.90 bits per heavy atom. The molecule has 0 spiro atoms. The van der Waals surface area contributed by atoms with Gasteiger partial charge >= 0.3 is 0 Å². The number of hydrogen-bond donors (Lipinski definition) is 2. The lowest BCUT2D eigenvalue weighted by Crippen LogP contribution is -2.15. The fraction of sp³-hybridized carbons (Fsp3) is 0.235. The van der Waals surface area contributed by atoms with Crippen molar-refractivity contribution in [3.8, 4) is 5.75 Å². The molecule has 0 bridgehead atoms. The molecule has 0 aliphatic carbocycles. The minimum Gasteiger partial charge on any atom is -0.491 e. The third-order valence-corrected chi connectivity index (χ3v) is 3.43.